The molecule has 0 saturated carbocycles. The summed E-state index contributed by atoms with van der Waals surface area (Å²) in [5.41, 5.74) is 3.16. The number of methoxy groups -OCH3 is 1. The van der Waals surface area contributed by atoms with Crippen molar-refractivity contribution in [3.63, 3.8) is 0 Å². The number of likely N-dealkylation sites (tertiary alicyclic amines) is 1. The van der Waals surface area contributed by atoms with Crippen LogP contribution in [0.15, 0.2) is 0 Å². The van der Waals surface area contributed by atoms with Gasteiger partial charge in [0.2, 0.25) is 5.91 Å². The second-order valence-electron chi connectivity index (χ2n) is 4.39. The molecule has 1 atom stereocenters. The molecule has 1 fully saturated rings. The smallest absolute Gasteiger partial charge is 0.468 e. The van der Waals surface area contributed by atoms with Crippen LogP contribution < -0.4 is 5.73 Å². The van der Waals surface area contributed by atoms with E-state index in [0.717, 1.165) is 16.7 Å². The topological polar surface area (TPSA) is 159 Å². The van der Waals surface area contributed by atoms with Gasteiger partial charge >= 0.3 is 11.6 Å². The average molecular weight is 322 g/mol. The first kappa shape index (κ1) is 17.1. The number of thioether (sulfide) groups is 1. The number of amides is 1. The molecule has 0 radical (unpaired) electrons. The molecule has 0 aliphatic carbocycles. The average Bonchev–Trinajstić information content (AvgIpc) is 2.35. The van der Waals surface area contributed by atoms with Crippen molar-refractivity contribution in [1.82, 2.24) is 4.90 Å². The maximum atomic E-state index is 11.7. The fourth-order valence-corrected chi connectivity index (χ4v) is 2.49. The van der Waals surface area contributed by atoms with Crippen molar-refractivity contribution in [1.29, 1.82) is 0 Å². The van der Waals surface area contributed by atoms with Gasteiger partial charge in [-0.2, -0.15) is 0 Å². The molecule has 0 aromatic heterocycles. The summed E-state index contributed by atoms with van der Waals surface area (Å²) in [6, 6.07) is -0.874. The molecule has 1 amide bonds. The van der Waals surface area contributed by atoms with E-state index in [0.29, 0.717) is 0 Å². The summed E-state index contributed by atoms with van der Waals surface area (Å²) < 4.78 is 4.41. The van der Waals surface area contributed by atoms with Gasteiger partial charge in [-0.25, -0.2) is 0 Å². The van der Waals surface area contributed by atoms with Crippen molar-refractivity contribution in [2.45, 2.75) is 11.7 Å². The van der Waals surface area contributed by atoms with Gasteiger partial charge in [0, 0.05) is 5.75 Å². The normalized spacial score (nSPS) is 17.5. The number of carbonyl (C=O) groups is 2. The van der Waals surface area contributed by atoms with Gasteiger partial charge in [-0.05, 0) is 0 Å². The van der Waals surface area contributed by atoms with Gasteiger partial charge in [0.1, 0.15) is 15.9 Å². The van der Waals surface area contributed by atoms with E-state index in [4.69, 9.17) is 5.73 Å². The van der Waals surface area contributed by atoms with Crippen LogP contribution in [0.5, 0.6) is 0 Å². The minimum Gasteiger partial charge on any atom is -0.468 e. The van der Waals surface area contributed by atoms with Crippen molar-refractivity contribution in [2.24, 2.45) is 5.73 Å². The first-order valence-corrected chi connectivity index (χ1v) is 6.88. The Morgan fingerprint density at radius 3 is 2.33 bits per heavy atom. The second-order valence-corrected chi connectivity index (χ2v) is 5.42. The number of nitrogens with two attached hydrogens (primary N) is 1. The Labute approximate surface area is 123 Å². The third-order valence-electron chi connectivity index (χ3n) is 2.95. The number of hydrogen-bond donors (Lipinski definition) is 1. The molecule has 11 nitrogen and oxygen atoms in total. The summed E-state index contributed by atoms with van der Waals surface area (Å²) in [4.78, 5) is 43.1. The molecule has 12 heteroatoms. The Hall–Kier alpha value is -1.95. The zero-order valence-electron chi connectivity index (χ0n) is 11.1. The molecule has 21 heavy (non-hydrogen) atoms. The molecule has 1 aliphatic heterocycles. The highest BCUT2D eigenvalue weighted by atomic mass is 32.2. The first-order valence-electron chi connectivity index (χ1n) is 5.72. The molecule has 1 unspecified atom stereocenters. The lowest BCUT2D eigenvalue weighted by atomic mass is 10.0. The highest BCUT2D eigenvalue weighted by molar-refractivity contribution is 8.00. The molecule has 0 bridgehead atoms. The SMILES string of the molecule is COC(=O)C(N)CSCC(=O)N1CC([N+](=O)[O-])([N+](=O)[O-])C1. The number of hydrogen-bond acceptors (Lipinski definition) is 9. The van der Waals surface area contributed by atoms with E-state index in [1.807, 2.05) is 0 Å². The molecule has 2 N–H and O–H groups in total. The van der Waals surface area contributed by atoms with Crippen molar-refractivity contribution in [3.8, 4) is 0 Å². The predicted molar refractivity (Wildman–Crippen MR) is 70.6 cm³/mol. The largest absolute Gasteiger partial charge is 0.492 e. The molecule has 0 spiro atoms. The molecule has 1 saturated heterocycles. The monoisotopic (exact) mass is 322 g/mol. The third-order valence-corrected chi connectivity index (χ3v) is 3.99. The lowest BCUT2D eigenvalue weighted by Gasteiger charge is -2.35. The van der Waals surface area contributed by atoms with Gasteiger partial charge in [-0.1, -0.05) is 0 Å². The van der Waals surface area contributed by atoms with Crippen LogP contribution in [0.3, 0.4) is 0 Å². The van der Waals surface area contributed by atoms with E-state index >= 15 is 0 Å². The lowest BCUT2D eigenvalue weighted by Crippen LogP contribution is -2.71. The van der Waals surface area contributed by atoms with Gasteiger partial charge < -0.3 is 15.4 Å². The van der Waals surface area contributed by atoms with Crippen LogP contribution in [0.2, 0.25) is 0 Å². The zero-order chi connectivity index (χ0) is 16.2. The van der Waals surface area contributed by atoms with Gasteiger partial charge in [0.25, 0.3) is 0 Å². The molecular formula is C9H14N4O7S. The quantitative estimate of drug-likeness (QED) is 0.250. The van der Waals surface area contributed by atoms with E-state index < -0.39 is 46.5 Å². The standard InChI is InChI=1S/C9H14N4O7S/c1-20-8(15)6(10)2-21-3-7(14)11-4-9(5-11,12(16)17)13(18)19/h6H,2-5,10H2,1H3. The molecule has 0 aromatic rings. The fourth-order valence-electron chi connectivity index (χ4n) is 1.62. The van der Waals surface area contributed by atoms with E-state index in [-0.39, 0.29) is 11.5 Å². The summed E-state index contributed by atoms with van der Waals surface area (Å²) in [5, 5.41) is 21.4. The maximum absolute atomic E-state index is 11.7. The summed E-state index contributed by atoms with van der Waals surface area (Å²) in [6.07, 6.45) is 0. The van der Waals surface area contributed by atoms with Crippen LogP contribution in [0.25, 0.3) is 0 Å². The van der Waals surface area contributed by atoms with Crippen LogP contribution in [-0.2, 0) is 14.3 Å². The minimum atomic E-state index is -2.30. The Kier molecular flexibility index (Phi) is 5.43. The van der Waals surface area contributed by atoms with Gasteiger partial charge in [-0.3, -0.25) is 29.8 Å². The predicted octanol–water partition coefficient (Wildman–Crippen LogP) is -1.69. The number of ether oxygens (including phenoxy) is 1. The molecule has 1 aliphatic rings. The molecular weight excluding hydrogens is 308 g/mol. The lowest BCUT2D eigenvalue weighted by molar-refractivity contribution is -0.809. The second kappa shape index (κ2) is 6.67. The summed E-state index contributed by atoms with van der Waals surface area (Å²) in [5.74, 6) is -1.02. The Balaban J connectivity index is 2.38. The highest BCUT2D eigenvalue weighted by Gasteiger charge is 2.67. The van der Waals surface area contributed by atoms with E-state index in [1.165, 1.54) is 7.11 Å². The van der Waals surface area contributed by atoms with Crippen molar-refractivity contribution in [3.05, 3.63) is 20.2 Å². The van der Waals surface area contributed by atoms with Gasteiger partial charge in [-0.15, -0.1) is 11.8 Å². The van der Waals surface area contributed by atoms with Gasteiger partial charge in [0.05, 0.1) is 12.9 Å². The fraction of sp³-hybridized carbons (Fsp3) is 0.778. The number of rotatable bonds is 7. The van der Waals surface area contributed by atoms with Crippen LogP contribution in [0.4, 0.5) is 0 Å². The van der Waals surface area contributed by atoms with E-state index in [2.05, 4.69) is 4.74 Å². The van der Waals surface area contributed by atoms with Crippen molar-refractivity contribution >= 4 is 23.6 Å². The number of carbonyl (C=O) groups excluding carboxylic acids is 2. The van der Waals surface area contributed by atoms with Gasteiger partial charge in [0.15, 0.2) is 13.1 Å². The zero-order valence-corrected chi connectivity index (χ0v) is 11.9. The molecule has 118 valence electrons. The molecule has 0 aromatic carbocycles. The van der Waals surface area contributed by atoms with E-state index in [1.54, 1.807) is 0 Å². The minimum absolute atomic E-state index is 0.0732. The Morgan fingerprint density at radius 1 is 1.38 bits per heavy atom. The van der Waals surface area contributed by atoms with E-state index in [9.17, 15) is 29.8 Å². The molecule has 1 heterocycles. The maximum Gasteiger partial charge on any atom is 0.492 e. The van der Waals surface area contributed by atoms with Crippen LogP contribution >= 0.6 is 11.8 Å². The van der Waals surface area contributed by atoms with Crippen LogP contribution in [0, 0.1) is 20.2 Å². The summed E-state index contributed by atoms with van der Waals surface area (Å²) in [6.45, 7) is -1.12. The Bertz CT molecular complexity index is 449. The third kappa shape index (κ3) is 3.58. The first-order chi connectivity index (χ1) is 9.74. The highest BCUT2D eigenvalue weighted by Crippen LogP contribution is 2.25. The van der Waals surface area contributed by atoms with Crippen molar-refractivity contribution < 1.29 is 24.2 Å². The van der Waals surface area contributed by atoms with Crippen LogP contribution in [-0.4, -0.2) is 70.0 Å². The van der Waals surface area contributed by atoms with Crippen molar-refractivity contribution in [2.75, 3.05) is 31.7 Å². The molecule has 1 rings (SSSR count). The summed E-state index contributed by atoms with van der Waals surface area (Å²) in [7, 11) is 1.19. The number of nitrogens with zero attached hydrogens (tertiary/aromatic N) is 3. The number of nitro groups is 2. The summed E-state index contributed by atoms with van der Waals surface area (Å²) >= 11 is 1.05. The number of esters is 1. The Morgan fingerprint density at radius 2 is 1.90 bits per heavy atom. The van der Waals surface area contributed by atoms with Crippen LogP contribution in [0.1, 0.15) is 0 Å².